The Morgan fingerprint density at radius 2 is 1.00 bits per heavy atom. The molecule has 8 heteroatoms. The maximum atomic E-state index is 14.1. The van der Waals surface area contributed by atoms with Gasteiger partial charge in [-0.2, -0.15) is 0 Å². The fourth-order valence-corrected chi connectivity index (χ4v) is 3.64. The Hall–Kier alpha value is -3.51. The van der Waals surface area contributed by atoms with Crippen LogP contribution in [-0.2, 0) is 26.8 Å². The van der Waals surface area contributed by atoms with Crippen molar-refractivity contribution in [3.63, 3.8) is 0 Å². The molecule has 4 aromatic rings. The molecule has 0 aromatic heterocycles. The number of halogens is 2. The molecular formula is C26H21F2O5P. The largest absolute Gasteiger partial charge is 0.454 e. The summed E-state index contributed by atoms with van der Waals surface area (Å²) in [5, 5.41) is 0. The summed E-state index contributed by atoms with van der Waals surface area (Å²) in [5.41, 5.74) is 1.13. The number of para-hydroxylation sites is 2. The lowest BCUT2D eigenvalue weighted by atomic mass is 10.2. The highest BCUT2D eigenvalue weighted by Crippen LogP contribution is 2.31. The smallest absolute Gasteiger partial charge is 0.319 e. The van der Waals surface area contributed by atoms with Crippen LogP contribution in [0.3, 0.4) is 0 Å². The van der Waals surface area contributed by atoms with Crippen molar-refractivity contribution < 1.29 is 31.9 Å². The molecule has 0 amide bonds. The van der Waals surface area contributed by atoms with Crippen molar-refractivity contribution in [2.24, 2.45) is 0 Å². The lowest BCUT2D eigenvalue weighted by Crippen LogP contribution is -1.94. The maximum Gasteiger partial charge on any atom is 0.319 e. The quantitative estimate of drug-likeness (QED) is 0.217. The third kappa shape index (κ3) is 6.75. The van der Waals surface area contributed by atoms with Crippen LogP contribution in [0.25, 0.3) is 0 Å². The van der Waals surface area contributed by atoms with Gasteiger partial charge in [-0.1, -0.05) is 48.5 Å². The van der Waals surface area contributed by atoms with Gasteiger partial charge in [-0.25, -0.2) is 8.78 Å². The van der Waals surface area contributed by atoms with E-state index in [2.05, 4.69) is 0 Å². The Balaban J connectivity index is 1.31. The zero-order chi connectivity index (χ0) is 23.8. The van der Waals surface area contributed by atoms with Crippen LogP contribution in [0.5, 0.6) is 23.0 Å². The fraction of sp³-hybridized carbons (Fsp3) is 0.0769. The van der Waals surface area contributed by atoms with Crippen LogP contribution >= 0.6 is 8.25 Å². The zero-order valence-electron chi connectivity index (χ0n) is 17.9. The molecule has 0 aliphatic carbocycles. The van der Waals surface area contributed by atoms with Gasteiger partial charge in [0.05, 0.1) is 13.2 Å². The molecule has 4 aromatic carbocycles. The van der Waals surface area contributed by atoms with Crippen LogP contribution in [0.2, 0.25) is 0 Å². The van der Waals surface area contributed by atoms with Crippen molar-refractivity contribution in [3.8, 4) is 23.0 Å². The number of hydrogen-bond acceptors (Lipinski definition) is 5. The Kier molecular flexibility index (Phi) is 8.04. The first-order valence-corrected chi connectivity index (χ1v) is 11.6. The van der Waals surface area contributed by atoms with Gasteiger partial charge in [-0.3, -0.25) is 4.57 Å². The third-order valence-corrected chi connectivity index (χ3v) is 5.41. The second kappa shape index (κ2) is 11.6. The highest BCUT2D eigenvalue weighted by atomic mass is 31.1. The molecule has 0 fully saturated rings. The summed E-state index contributed by atoms with van der Waals surface area (Å²) in [5.74, 6) is -0.00411. The summed E-state index contributed by atoms with van der Waals surface area (Å²) < 4.78 is 62.0. The Morgan fingerprint density at radius 1 is 0.588 bits per heavy atom. The fourth-order valence-electron chi connectivity index (χ4n) is 2.99. The highest BCUT2D eigenvalue weighted by Gasteiger charge is 2.10. The van der Waals surface area contributed by atoms with Crippen LogP contribution < -0.4 is 9.47 Å². The minimum atomic E-state index is -2.87. The first kappa shape index (κ1) is 23.6. The van der Waals surface area contributed by atoms with E-state index in [1.165, 1.54) is 36.4 Å². The summed E-state index contributed by atoms with van der Waals surface area (Å²) in [6.45, 7) is -0.121. The van der Waals surface area contributed by atoms with Crippen molar-refractivity contribution in [1.82, 2.24) is 0 Å². The van der Waals surface area contributed by atoms with Crippen molar-refractivity contribution >= 4 is 8.25 Å². The molecule has 0 aliphatic heterocycles. The average molecular weight is 482 g/mol. The summed E-state index contributed by atoms with van der Waals surface area (Å²) in [6, 6.07) is 26.1. The van der Waals surface area contributed by atoms with Crippen molar-refractivity contribution in [2.75, 3.05) is 0 Å². The lowest BCUT2D eigenvalue weighted by Gasteiger charge is -2.11. The Bertz CT molecular complexity index is 1160. The van der Waals surface area contributed by atoms with Crippen LogP contribution in [0.15, 0.2) is 97.1 Å². The molecule has 0 heterocycles. The van der Waals surface area contributed by atoms with Gasteiger partial charge in [0.25, 0.3) is 0 Å². The molecule has 0 bridgehead atoms. The van der Waals surface area contributed by atoms with Crippen molar-refractivity contribution in [2.45, 2.75) is 13.2 Å². The van der Waals surface area contributed by atoms with E-state index >= 15 is 0 Å². The molecule has 0 aliphatic rings. The summed E-state index contributed by atoms with van der Waals surface area (Å²) >= 11 is 0. The van der Waals surface area contributed by atoms with Gasteiger partial charge < -0.3 is 18.5 Å². The number of benzene rings is 4. The third-order valence-electron chi connectivity index (χ3n) is 4.65. The molecule has 0 radical (unpaired) electrons. The van der Waals surface area contributed by atoms with Crippen LogP contribution in [0, 0.1) is 11.6 Å². The molecule has 0 N–H and O–H groups in total. The molecule has 174 valence electrons. The monoisotopic (exact) mass is 482 g/mol. The van der Waals surface area contributed by atoms with Crippen molar-refractivity contribution in [3.05, 3.63) is 120 Å². The molecule has 34 heavy (non-hydrogen) atoms. The van der Waals surface area contributed by atoms with Gasteiger partial charge in [-0.05, 0) is 59.7 Å². The first-order chi connectivity index (χ1) is 16.6. The van der Waals surface area contributed by atoms with E-state index in [1.54, 1.807) is 48.5 Å². The van der Waals surface area contributed by atoms with E-state index < -0.39 is 19.9 Å². The molecular weight excluding hydrogens is 461 g/mol. The van der Waals surface area contributed by atoms with E-state index in [-0.39, 0.29) is 24.7 Å². The topological polar surface area (TPSA) is 54.0 Å². The highest BCUT2D eigenvalue weighted by molar-refractivity contribution is 7.33. The lowest BCUT2D eigenvalue weighted by molar-refractivity contribution is 0.212. The predicted molar refractivity (Wildman–Crippen MR) is 124 cm³/mol. The van der Waals surface area contributed by atoms with Crippen LogP contribution in [-0.4, -0.2) is 0 Å². The van der Waals surface area contributed by atoms with E-state index in [1.807, 2.05) is 12.1 Å². The van der Waals surface area contributed by atoms with Gasteiger partial charge in [0, 0.05) is 0 Å². The molecule has 0 atom stereocenters. The predicted octanol–water partition coefficient (Wildman–Crippen LogP) is 7.67. The molecule has 4 rings (SSSR count). The first-order valence-electron chi connectivity index (χ1n) is 10.4. The number of rotatable bonds is 10. The average Bonchev–Trinajstić information content (AvgIpc) is 2.86. The van der Waals surface area contributed by atoms with E-state index in [4.69, 9.17) is 18.5 Å². The van der Waals surface area contributed by atoms with Gasteiger partial charge in [0.15, 0.2) is 23.1 Å². The Labute approximate surface area is 196 Å². The molecule has 0 unspecified atom stereocenters. The second-order valence-corrected chi connectivity index (χ2v) is 8.26. The molecule has 0 spiro atoms. The molecule has 0 saturated heterocycles. The summed E-state index contributed by atoms with van der Waals surface area (Å²) in [7, 11) is -2.87. The maximum absolute atomic E-state index is 14.1. The summed E-state index contributed by atoms with van der Waals surface area (Å²) in [6.07, 6.45) is 0. The normalized spacial score (nSPS) is 10.9. The standard InChI is InChI=1S/C26H21F2O5P/c27-23-13-11-19(15-25(23)32-21-7-3-1-4-8-21)17-30-34(29)31-18-20-12-14-24(28)26(16-20)33-22-9-5-2-6-10-22/h1-16,34H,17-18H2. The van der Waals surface area contributed by atoms with Gasteiger partial charge in [-0.15, -0.1) is 0 Å². The minimum absolute atomic E-state index is 0.0325. The molecule has 0 saturated carbocycles. The number of hydrogen-bond donors (Lipinski definition) is 0. The second-order valence-electron chi connectivity index (χ2n) is 7.19. The summed E-state index contributed by atoms with van der Waals surface area (Å²) in [4.78, 5) is 0. The van der Waals surface area contributed by atoms with Gasteiger partial charge in [0.2, 0.25) is 0 Å². The number of ether oxygens (including phenoxy) is 2. The minimum Gasteiger partial charge on any atom is -0.454 e. The van der Waals surface area contributed by atoms with E-state index in [9.17, 15) is 13.3 Å². The van der Waals surface area contributed by atoms with Gasteiger partial charge >= 0.3 is 8.25 Å². The van der Waals surface area contributed by atoms with Crippen molar-refractivity contribution in [1.29, 1.82) is 0 Å². The SMILES string of the molecule is O=[PH](OCc1ccc(F)c(Oc2ccccc2)c1)OCc1ccc(F)c(Oc2ccccc2)c1. The molecule has 5 nitrogen and oxygen atoms in total. The van der Waals surface area contributed by atoms with E-state index in [0.717, 1.165) is 0 Å². The Morgan fingerprint density at radius 3 is 1.41 bits per heavy atom. The van der Waals surface area contributed by atoms with Gasteiger partial charge in [0.1, 0.15) is 11.5 Å². The van der Waals surface area contributed by atoms with Crippen LogP contribution in [0.4, 0.5) is 8.78 Å². The van der Waals surface area contributed by atoms with E-state index in [0.29, 0.717) is 22.6 Å². The van der Waals surface area contributed by atoms with Crippen LogP contribution in [0.1, 0.15) is 11.1 Å². The zero-order valence-corrected chi connectivity index (χ0v) is 18.9.